The Kier molecular flexibility index (Phi) is 3.22. The van der Waals surface area contributed by atoms with Crippen molar-refractivity contribution in [2.24, 2.45) is 5.73 Å². The monoisotopic (exact) mass is 181 g/mol. The Hall–Kier alpha value is -1.13. The highest BCUT2D eigenvalue weighted by Crippen LogP contribution is 2.19. The number of pyridine rings is 1. The Morgan fingerprint density at radius 3 is 2.77 bits per heavy atom. The summed E-state index contributed by atoms with van der Waals surface area (Å²) in [6.07, 6.45) is 1.76. The lowest BCUT2D eigenvalue weighted by Crippen LogP contribution is -2.09. The van der Waals surface area contributed by atoms with Gasteiger partial charge in [0, 0.05) is 25.4 Å². The van der Waals surface area contributed by atoms with Crippen molar-refractivity contribution in [1.29, 1.82) is 0 Å². The van der Waals surface area contributed by atoms with Crippen LogP contribution in [0.4, 0.5) is 5.69 Å². The molecule has 0 aliphatic heterocycles. The topological polar surface area (TPSA) is 74.2 Å². The highest BCUT2D eigenvalue weighted by Gasteiger charge is 2.07. The lowest BCUT2D eigenvalue weighted by Gasteiger charge is -2.11. The molecule has 0 saturated heterocycles. The van der Waals surface area contributed by atoms with Gasteiger partial charge in [-0.05, 0) is 12.5 Å². The van der Waals surface area contributed by atoms with Crippen LogP contribution in [0.15, 0.2) is 6.20 Å². The molecule has 0 unspecified atom stereocenters. The summed E-state index contributed by atoms with van der Waals surface area (Å²) in [5, 5.41) is 0. The first-order chi connectivity index (χ1) is 6.20. The van der Waals surface area contributed by atoms with E-state index < -0.39 is 0 Å². The van der Waals surface area contributed by atoms with Crippen molar-refractivity contribution in [3.05, 3.63) is 23.0 Å². The van der Waals surface area contributed by atoms with Crippen LogP contribution in [0.5, 0.6) is 0 Å². The molecule has 1 aromatic heterocycles. The molecule has 1 heterocycles. The molecule has 0 amide bonds. The standard InChI is InChI=1S/C9H15N3O/c1-6-9(11)8(3-10)7(4-12-6)5-13-2/h4H,3,5,10-11H2,1-2H3. The smallest absolute Gasteiger partial charge is 0.0732 e. The zero-order chi connectivity index (χ0) is 9.84. The number of aromatic nitrogens is 1. The second-order valence-electron chi connectivity index (χ2n) is 2.90. The van der Waals surface area contributed by atoms with Gasteiger partial charge in [0.1, 0.15) is 0 Å². The maximum Gasteiger partial charge on any atom is 0.0732 e. The third kappa shape index (κ3) is 1.96. The molecule has 0 aliphatic carbocycles. The summed E-state index contributed by atoms with van der Waals surface area (Å²) in [5.41, 5.74) is 14.8. The average Bonchev–Trinajstić information content (AvgIpc) is 2.12. The van der Waals surface area contributed by atoms with Gasteiger partial charge in [0.2, 0.25) is 0 Å². The molecule has 1 aromatic rings. The van der Waals surface area contributed by atoms with Crippen LogP contribution in [0.3, 0.4) is 0 Å². The van der Waals surface area contributed by atoms with Crippen molar-refractivity contribution in [2.75, 3.05) is 12.8 Å². The Bertz CT molecular complexity index is 299. The second kappa shape index (κ2) is 4.20. The number of rotatable bonds is 3. The van der Waals surface area contributed by atoms with Gasteiger partial charge >= 0.3 is 0 Å². The minimum atomic E-state index is 0.424. The van der Waals surface area contributed by atoms with Gasteiger partial charge in [0.25, 0.3) is 0 Å². The lowest BCUT2D eigenvalue weighted by atomic mass is 10.1. The molecule has 13 heavy (non-hydrogen) atoms. The molecule has 0 atom stereocenters. The van der Waals surface area contributed by atoms with E-state index in [0.29, 0.717) is 18.8 Å². The predicted molar refractivity (Wildman–Crippen MR) is 52.0 cm³/mol. The molecular formula is C9H15N3O. The minimum absolute atomic E-state index is 0.424. The van der Waals surface area contributed by atoms with Crippen LogP contribution >= 0.6 is 0 Å². The molecule has 0 fully saturated rings. The van der Waals surface area contributed by atoms with Gasteiger partial charge in [-0.1, -0.05) is 0 Å². The van der Waals surface area contributed by atoms with E-state index in [0.717, 1.165) is 16.8 Å². The fraction of sp³-hybridized carbons (Fsp3) is 0.444. The van der Waals surface area contributed by atoms with Crippen molar-refractivity contribution < 1.29 is 4.74 Å². The van der Waals surface area contributed by atoms with Crippen molar-refractivity contribution >= 4 is 5.69 Å². The van der Waals surface area contributed by atoms with Gasteiger partial charge in [-0.25, -0.2) is 0 Å². The predicted octanol–water partition coefficient (Wildman–Crippen LogP) is 0.577. The maximum absolute atomic E-state index is 5.83. The molecule has 0 spiro atoms. The van der Waals surface area contributed by atoms with Crippen LogP contribution < -0.4 is 11.5 Å². The Balaban J connectivity index is 3.13. The maximum atomic E-state index is 5.83. The molecule has 0 radical (unpaired) electrons. The van der Waals surface area contributed by atoms with E-state index >= 15 is 0 Å². The van der Waals surface area contributed by atoms with Gasteiger partial charge in [-0.3, -0.25) is 4.98 Å². The summed E-state index contributed by atoms with van der Waals surface area (Å²) in [6, 6.07) is 0. The number of ether oxygens (including phenoxy) is 1. The first-order valence-corrected chi connectivity index (χ1v) is 4.12. The first-order valence-electron chi connectivity index (χ1n) is 4.12. The van der Waals surface area contributed by atoms with Gasteiger partial charge in [0.15, 0.2) is 0 Å². The van der Waals surface area contributed by atoms with Crippen molar-refractivity contribution in [1.82, 2.24) is 4.98 Å². The highest BCUT2D eigenvalue weighted by atomic mass is 16.5. The first kappa shape index (κ1) is 9.95. The number of anilines is 1. The van der Waals surface area contributed by atoms with E-state index in [-0.39, 0.29) is 0 Å². The van der Waals surface area contributed by atoms with Crippen LogP contribution in [0, 0.1) is 6.92 Å². The number of nitrogen functional groups attached to an aromatic ring is 1. The molecule has 0 bridgehead atoms. The fourth-order valence-corrected chi connectivity index (χ4v) is 1.23. The summed E-state index contributed by atoms with van der Waals surface area (Å²) in [4.78, 5) is 4.15. The molecule has 4 heteroatoms. The number of hydrogen-bond donors (Lipinski definition) is 2. The quantitative estimate of drug-likeness (QED) is 0.715. The second-order valence-corrected chi connectivity index (χ2v) is 2.90. The number of aryl methyl sites for hydroxylation is 1. The number of hydrogen-bond acceptors (Lipinski definition) is 4. The molecule has 1 rings (SSSR count). The van der Waals surface area contributed by atoms with E-state index in [2.05, 4.69) is 4.98 Å². The van der Waals surface area contributed by atoms with Crippen molar-refractivity contribution in [3.63, 3.8) is 0 Å². The van der Waals surface area contributed by atoms with E-state index in [1.807, 2.05) is 6.92 Å². The third-order valence-electron chi connectivity index (χ3n) is 2.02. The normalized spacial score (nSPS) is 10.4. The summed E-state index contributed by atoms with van der Waals surface area (Å²) in [5.74, 6) is 0. The third-order valence-corrected chi connectivity index (χ3v) is 2.02. The minimum Gasteiger partial charge on any atom is -0.397 e. The average molecular weight is 181 g/mol. The van der Waals surface area contributed by atoms with Crippen LogP contribution in [0.25, 0.3) is 0 Å². The van der Waals surface area contributed by atoms with Crippen molar-refractivity contribution in [3.8, 4) is 0 Å². The van der Waals surface area contributed by atoms with E-state index in [4.69, 9.17) is 16.2 Å². The summed E-state index contributed by atoms with van der Waals surface area (Å²) >= 11 is 0. The van der Waals surface area contributed by atoms with Crippen LogP contribution in [0.2, 0.25) is 0 Å². The number of nitrogens with zero attached hydrogens (tertiary/aromatic N) is 1. The van der Waals surface area contributed by atoms with Gasteiger partial charge in [0.05, 0.1) is 18.0 Å². The highest BCUT2D eigenvalue weighted by molar-refractivity contribution is 5.53. The molecule has 4 nitrogen and oxygen atoms in total. The van der Waals surface area contributed by atoms with Gasteiger partial charge in [-0.2, -0.15) is 0 Å². The molecular weight excluding hydrogens is 166 g/mol. The zero-order valence-corrected chi connectivity index (χ0v) is 8.00. The van der Waals surface area contributed by atoms with Crippen LogP contribution in [-0.4, -0.2) is 12.1 Å². The molecule has 4 N–H and O–H groups in total. The number of nitrogens with two attached hydrogens (primary N) is 2. The Labute approximate surface area is 77.9 Å². The SMILES string of the molecule is COCc1cnc(C)c(N)c1CN. The van der Waals surface area contributed by atoms with Crippen LogP contribution in [0.1, 0.15) is 16.8 Å². The van der Waals surface area contributed by atoms with E-state index in [1.165, 1.54) is 0 Å². The van der Waals surface area contributed by atoms with Crippen LogP contribution in [-0.2, 0) is 17.9 Å². The van der Waals surface area contributed by atoms with Gasteiger partial charge in [-0.15, -0.1) is 0 Å². The molecule has 0 aromatic carbocycles. The van der Waals surface area contributed by atoms with E-state index in [9.17, 15) is 0 Å². The fourth-order valence-electron chi connectivity index (χ4n) is 1.23. The van der Waals surface area contributed by atoms with Gasteiger partial charge < -0.3 is 16.2 Å². The largest absolute Gasteiger partial charge is 0.397 e. The number of methoxy groups -OCH3 is 1. The van der Waals surface area contributed by atoms with E-state index in [1.54, 1.807) is 13.3 Å². The van der Waals surface area contributed by atoms with Crippen molar-refractivity contribution in [2.45, 2.75) is 20.1 Å². The lowest BCUT2D eigenvalue weighted by molar-refractivity contribution is 0.184. The molecule has 0 saturated carbocycles. The molecule has 72 valence electrons. The Morgan fingerprint density at radius 2 is 2.23 bits per heavy atom. The summed E-state index contributed by atoms with van der Waals surface area (Å²) in [7, 11) is 1.64. The molecule has 0 aliphatic rings. The zero-order valence-electron chi connectivity index (χ0n) is 8.00. The summed E-state index contributed by atoms with van der Waals surface area (Å²) < 4.78 is 5.01. The Morgan fingerprint density at radius 1 is 1.54 bits per heavy atom. The summed E-state index contributed by atoms with van der Waals surface area (Å²) in [6.45, 7) is 2.79.